The van der Waals surface area contributed by atoms with Crippen molar-refractivity contribution in [3.05, 3.63) is 48.8 Å². The molecule has 0 bridgehead atoms. The highest BCUT2D eigenvalue weighted by atomic mass is 19.1. The van der Waals surface area contributed by atoms with E-state index in [9.17, 15) is 8.78 Å². The van der Waals surface area contributed by atoms with Gasteiger partial charge in [-0.25, -0.2) is 28.2 Å². The lowest BCUT2D eigenvalue weighted by molar-refractivity contribution is 0.240. The van der Waals surface area contributed by atoms with E-state index in [2.05, 4.69) is 30.7 Å². The first kappa shape index (κ1) is 19.4. The largest absolute Gasteiger partial charge is 0.493 e. The Morgan fingerprint density at radius 3 is 2.84 bits per heavy atom. The molecule has 0 spiro atoms. The molecule has 0 radical (unpaired) electrons. The van der Waals surface area contributed by atoms with Gasteiger partial charge < -0.3 is 19.9 Å². The van der Waals surface area contributed by atoms with E-state index in [4.69, 9.17) is 4.74 Å². The molecule has 4 aromatic rings. The number of hydrogen-bond acceptors (Lipinski definition) is 7. The molecule has 0 unspecified atom stereocenters. The van der Waals surface area contributed by atoms with Gasteiger partial charge in [-0.3, -0.25) is 0 Å². The van der Waals surface area contributed by atoms with E-state index in [-0.39, 0.29) is 11.6 Å². The quantitative estimate of drug-likeness (QED) is 0.505. The molecule has 1 fully saturated rings. The zero-order valence-corrected chi connectivity index (χ0v) is 16.7. The number of anilines is 1. The number of methoxy groups -OCH3 is 1. The van der Waals surface area contributed by atoms with Gasteiger partial charge >= 0.3 is 0 Å². The van der Waals surface area contributed by atoms with Gasteiger partial charge in [0.1, 0.15) is 17.6 Å². The van der Waals surface area contributed by atoms with Crippen LogP contribution in [-0.2, 0) is 0 Å². The number of rotatable bonds is 5. The minimum absolute atomic E-state index is 0.0142. The fourth-order valence-corrected chi connectivity index (χ4v) is 3.61. The number of imidazole rings is 1. The fraction of sp³-hybridized carbons (Fsp3) is 0.300. The minimum Gasteiger partial charge on any atom is -0.493 e. The third kappa shape index (κ3) is 3.56. The van der Waals surface area contributed by atoms with Crippen molar-refractivity contribution in [2.75, 3.05) is 25.5 Å². The number of halogens is 2. The van der Waals surface area contributed by atoms with Gasteiger partial charge in [0, 0.05) is 25.0 Å². The number of nitrogens with one attached hydrogen (secondary N) is 2. The number of hydrogen-bond donors (Lipinski definition) is 2. The van der Waals surface area contributed by atoms with Crippen LogP contribution in [0.5, 0.6) is 5.75 Å². The summed E-state index contributed by atoms with van der Waals surface area (Å²) < 4.78 is 37.6. The second-order valence-electron chi connectivity index (χ2n) is 7.19. The SMILES string of the molecule is COc1cc2ncc(-c3nc(N[C@H]4CNCC[C@@H]4F)ncc3F)n2nc1-n1cccc1. The molecule has 1 aliphatic heterocycles. The molecule has 1 saturated heterocycles. The summed E-state index contributed by atoms with van der Waals surface area (Å²) in [5, 5.41) is 10.7. The molecule has 5 rings (SSSR count). The first-order chi connectivity index (χ1) is 15.1. The predicted octanol–water partition coefficient (Wildman–Crippen LogP) is 2.24. The Morgan fingerprint density at radius 2 is 2.06 bits per heavy atom. The highest BCUT2D eigenvalue weighted by Gasteiger charge is 2.26. The number of fused-ring (bicyclic) bond motifs is 1. The Kier molecular flexibility index (Phi) is 4.94. The van der Waals surface area contributed by atoms with Crippen LogP contribution in [0.25, 0.3) is 22.9 Å². The van der Waals surface area contributed by atoms with Gasteiger partial charge in [0.05, 0.1) is 25.5 Å². The number of ether oxygens (including phenoxy) is 1. The Labute approximate surface area is 176 Å². The molecule has 5 heterocycles. The second kappa shape index (κ2) is 7.91. The molecule has 2 N–H and O–H groups in total. The summed E-state index contributed by atoms with van der Waals surface area (Å²) in [5.41, 5.74) is 0.823. The summed E-state index contributed by atoms with van der Waals surface area (Å²) >= 11 is 0. The lowest BCUT2D eigenvalue weighted by Crippen LogP contribution is -2.46. The molecular formula is C20H20F2N8O. The van der Waals surface area contributed by atoms with Crippen molar-refractivity contribution < 1.29 is 13.5 Å². The van der Waals surface area contributed by atoms with Crippen LogP contribution in [-0.4, -0.2) is 61.5 Å². The zero-order valence-electron chi connectivity index (χ0n) is 16.7. The Balaban J connectivity index is 1.56. The average molecular weight is 426 g/mol. The molecular weight excluding hydrogens is 406 g/mol. The van der Waals surface area contributed by atoms with Crippen molar-refractivity contribution in [1.82, 2.24) is 34.4 Å². The topological polar surface area (TPSA) is 94.2 Å². The summed E-state index contributed by atoms with van der Waals surface area (Å²) in [7, 11) is 1.55. The maximum Gasteiger partial charge on any atom is 0.223 e. The summed E-state index contributed by atoms with van der Waals surface area (Å²) in [6.45, 7) is 1.06. The van der Waals surface area contributed by atoms with E-state index in [1.165, 1.54) is 10.7 Å². The Morgan fingerprint density at radius 1 is 1.23 bits per heavy atom. The van der Waals surface area contributed by atoms with E-state index in [1.807, 2.05) is 24.5 Å². The number of nitrogens with zero attached hydrogens (tertiary/aromatic N) is 6. The van der Waals surface area contributed by atoms with Crippen molar-refractivity contribution in [1.29, 1.82) is 0 Å². The third-order valence-corrected chi connectivity index (χ3v) is 5.21. The van der Waals surface area contributed by atoms with Crippen molar-refractivity contribution in [3.8, 4) is 23.0 Å². The van der Waals surface area contributed by atoms with Crippen LogP contribution in [0.3, 0.4) is 0 Å². The van der Waals surface area contributed by atoms with Crippen LogP contribution in [0, 0.1) is 5.82 Å². The molecule has 9 nitrogen and oxygen atoms in total. The predicted molar refractivity (Wildman–Crippen MR) is 110 cm³/mol. The normalized spacial score (nSPS) is 18.9. The Hall–Kier alpha value is -3.60. The van der Waals surface area contributed by atoms with Gasteiger partial charge in [0.2, 0.25) is 5.95 Å². The van der Waals surface area contributed by atoms with Crippen molar-refractivity contribution in [3.63, 3.8) is 0 Å². The monoisotopic (exact) mass is 426 g/mol. The van der Waals surface area contributed by atoms with Crippen LogP contribution in [0.15, 0.2) is 43.0 Å². The molecule has 0 aromatic carbocycles. The van der Waals surface area contributed by atoms with Crippen molar-refractivity contribution >= 4 is 11.6 Å². The number of piperidine rings is 1. The van der Waals surface area contributed by atoms with E-state index >= 15 is 0 Å². The zero-order chi connectivity index (χ0) is 21.4. The Bertz CT molecular complexity index is 1210. The van der Waals surface area contributed by atoms with Crippen molar-refractivity contribution in [2.24, 2.45) is 0 Å². The third-order valence-electron chi connectivity index (χ3n) is 5.21. The van der Waals surface area contributed by atoms with Gasteiger partial charge in [-0.15, -0.1) is 5.10 Å². The molecule has 4 aromatic heterocycles. The standard InChI is InChI=1S/C20H20F2N8O/c1-31-16-8-17-24-11-15(30(17)28-19(16)29-6-2-3-7-29)18-13(22)9-25-20(27-18)26-14-10-23-5-4-12(14)21/h2-3,6-9,11-12,14,23H,4-5,10H2,1H3,(H,25,26,27)/t12-,14-/m0/s1. The maximum absolute atomic E-state index is 14.7. The lowest BCUT2D eigenvalue weighted by atomic mass is 10.1. The molecule has 0 amide bonds. The van der Waals surface area contributed by atoms with Gasteiger partial charge in [0.25, 0.3) is 0 Å². The molecule has 31 heavy (non-hydrogen) atoms. The van der Waals surface area contributed by atoms with E-state index < -0.39 is 18.0 Å². The summed E-state index contributed by atoms with van der Waals surface area (Å²) in [6, 6.07) is 4.95. The first-order valence-corrected chi connectivity index (χ1v) is 9.84. The van der Waals surface area contributed by atoms with Crippen molar-refractivity contribution in [2.45, 2.75) is 18.6 Å². The minimum atomic E-state index is -1.03. The number of alkyl halides is 1. The molecule has 160 valence electrons. The summed E-state index contributed by atoms with van der Waals surface area (Å²) in [4.78, 5) is 12.6. The molecule has 2 atom stereocenters. The van der Waals surface area contributed by atoms with E-state index in [1.54, 1.807) is 17.7 Å². The number of aromatic nitrogens is 6. The highest BCUT2D eigenvalue weighted by Crippen LogP contribution is 2.27. The van der Waals surface area contributed by atoms with Gasteiger partial charge in [-0.1, -0.05) is 0 Å². The molecule has 0 aliphatic carbocycles. The maximum atomic E-state index is 14.7. The summed E-state index contributed by atoms with van der Waals surface area (Å²) in [5.74, 6) is 0.540. The second-order valence-corrected chi connectivity index (χ2v) is 7.19. The lowest BCUT2D eigenvalue weighted by Gasteiger charge is -2.27. The van der Waals surface area contributed by atoms with Crippen LogP contribution in [0.4, 0.5) is 14.7 Å². The van der Waals surface area contributed by atoms with E-state index in [0.29, 0.717) is 42.4 Å². The molecule has 0 saturated carbocycles. The fourth-order valence-electron chi connectivity index (χ4n) is 3.61. The summed E-state index contributed by atoms with van der Waals surface area (Å²) in [6.07, 6.45) is 5.55. The van der Waals surface area contributed by atoms with E-state index in [0.717, 1.165) is 6.20 Å². The smallest absolute Gasteiger partial charge is 0.223 e. The molecule has 1 aliphatic rings. The first-order valence-electron chi connectivity index (χ1n) is 9.84. The van der Waals surface area contributed by atoms with Crippen LogP contribution in [0.1, 0.15) is 6.42 Å². The van der Waals surface area contributed by atoms with Crippen LogP contribution < -0.4 is 15.4 Å². The van der Waals surface area contributed by atoms with Gasteiger partial charge in [-0.2, -0.15) is 0 Å². The van der Waals surface area contributed by atoms with Crippen LogP contribution in [0.2, 0.25) is 0 Å². The highest BCUT2D eigenvalue weighted by molar-refractivity contribution is 5.63. The average Bonchev–Trinajstić information content (AvgIpc) is 3.45. The van der Waals surface area contributed by atoms with Gasteiger partial charge in [0.15, 0.2) is 23.0 Å². The van der Waals surface area contributed by atoms with Crippen LogP contribution >= 0.6 is 0 Å². The van der Waals surface area contributed by atoms with Gasteiger partial charge in [-0.05, 0) is 25.1 Å². The molecule has 11 heteroatoms.